The molecule has 4 fully saturated rings. The highest BCUT2D eigenvalue weighted by molar-refractivity contribution is 7.47. The van der Waals surface area contributed by atoms with Crippen molar-refractivity contribution >= 4 is 49.7 Å². The molecule has 4 aliphatic rings. The molecule has 0 radical (unpaired) electrons. The number of methoxy groups -OCH3 is 1. The third kappa shape index (κ3) is 4.82. The van der Waals surface area contributed by atoms with Crippen LogP contribution < -0.4 is 17.0 Å². The summed E-state index contributed by atoms with van der Waals surface area (Å²) in [5.74, 6) is -0.791. The van der Waals surface area contributed by atoms with Gasteiger partial charge in [-0.25, -0.2) is 33.5 Å². The van der Waals surface area contributed by atoms with E-state index in [1.807, 2.05) is 0 Å². The molecule has 8 rings (SSSR count). The zero-order valence-electron chi connectivity index (χ0n) is 24.1. The highest BCUT2D eigenvalue weighted by atomic mass is 31.2. The van der Waals surface area contributed by atoms with E-state index in [1.165, 1.54) is 35.2 Å². The standard InChI is InChI=1S/C23H27FN10O11P2/c1-40-14-9-3-41-46(36,37)45-16-10(24)13(33-6-29-11-17(25)27-5-28-18(11)33)8-2-23(8,16)4-42-47(38,39)44-15(14)21(43-9)34-7-30-12-19(34)31-22(26)32-20(12)35/h5-10,13-16,21H,2-4H2,1H3,(H,36,37)(H,38,39)(H2,25,27,28)(H3,26,31,32,35)/t8-,9-,10+,13-,14-,15-,16+,21-,23?/m1/s1. The van der Waals surface area contributed by atoms with Crippen LogP contribution in [0.15, 0.2) is 23.8 Å². The topological polar surface area (TPSA) is 289 Å². The Balaban J connectivity index is 1.15. The van der Waals surface area contributed by atoms with E-state index in [2.05, 4.69) is 29.9 Å². The molecule has 2 saturated carbocycles. The summed E-state index contributed by atoms with van der Waals surface area (Å²) >= 11 is 0. The largest absolute Gasteiger partial charge is 0.472 e. The van der Waals surface area contributed by atoms with Gasteiger partial charge in [0.15, 0.2) is 28.9 Å². The summed E-state index contributed by atoms with van der Waals surface area (Å²) < 4.78 is 79.3. The van der Waals surface area contributed by atoms with E-state index in [-0.39, 0.29) is 40.5 Å². The second-order valence-electron chi connectivity index (χ2n) is 11.7. The van der Waals surface area contributed by atoms with Gasteiger partial charge in [0.1, 0.15) is 42.4 Å². The van der Waals surface area contributed by atoms with Crippen LogP contribution in [-0.4, -0.2) is 99.7 Å². The van der Waals surface area contributed by atoms with Crippen molar-refractivity contribution in [1.82, 2.24) is 39.0 Å². The summed E-state index contributed by atoms with van der Waals surface area (Å²) in [5.41, 5.74) is 9.88. The molecule has 252 valence electrons. The third-order valence-electron chi connectivity index (χ3n) is 9.16. The number of nitrogens with two attached hydrogens (primary N) is 2. The molecule has 3 unspecified atom stereocenters. The first kappa shape index (κ1) is 30.9. The smallest absolute Gasteiger partial charge is 0.382 e. The molecule has 2 bridgehead atoms. The fraction of sp³-hybridized carbons (Fsp3) is 0.565. The fourth-order valence-electron chi connectivity index (χ4n) is 7.02. The van der Waals surface area contributed by atoms with Crippen molar-refractivity contribution in [2.24, 2.45) is 11.3 Å². The maximum atomic E-state index is 16.3. The number of anilines is 2. The number of hydrogen-bond donors (Lipinski definition) is 5. The Morgan fingerprint density at radius 3 is 2.60 bits per heavy atom. The number of phosphoric acid groups is 2. The Hall–Kier alpha value is -3.43. The summed E-state index contributed by atoms with van der Waals surface area (Å²) in [6.07, 6.45) is -4.97. The molecule has 0 aromatic carbocycles. The zero-order valence-corrected chi connectivity index (χ0v) is 25.9. The second kappa shape index (κ2) is 10.5. The van der Waals surface area contributed by atoms with E-state index >= 15 is 4.39 Å². The highest BCUT2D eigenvalue weighted by Gasteiger charge is 2.75. The lowest BCUT2D eigenvalue weighted by atomic mass is 10.0. The van der Waals surface area contributed by atoms with Crippen LogP contribution in [0.5, 0.6) is 0 Å². The van der Waals surface area contributed by atoms with E-state index < -0.39 is 88.6 Å². The van der Waals surface area contributed by atoms with Gasteiger partial charge in [0.25, 0.3) is 5.56 Å². The number of ether oxygens (including phenoxy) is 2. The highest BCUT2D eigenvalue weighted by Crippen LogP contribution is 2.72. The third-order valence-corrected chi connectivity index (χ3v) is 11.1. The van der Waals surface area contributed by atoms with Crippen LogP contribution in [0.2, 0.25) is 0 Å². The second-order valence-corrected chi connectivity index (χ2v) is 14.5. The number of nitrogen functional groups attached to an aromatic ring is 2. The quantitative estimate of drug-likeness (QED) is 0.175. The van der Waals surface area contributed by atoms with Crippen molar-refractivity contribution in [3.63, 3.8) is 0 Å². The fourth-order valence-corrected chi connectivity index (χ4v) is 9.03. The minimum atomic E-state index is -5.04. The average Bonchev–Trinajstić information content (AvgIpc) is 3.30. The van der Waals surface area contributed by atoms with Crippen LogP contribution in [-0.2, 0) is 36.7 Å². The molecule has 4 aromatic heterocycles. The molecule has 0 amide bonds. The van der Waals surface area contributed by atoms with Crippen LogP contribution in [0.4, 0.5) is 16.2 Å². The number of hydrogen-bond acceptors (Lipinski definition) is 16. The van der Waals surface area contributed by atoms with Gasteiger partial charge in [-0.05, 0) is 12.3 Å². The number of aromatic nitrogens is 8. The maximum absolute atomic E-state index is 16.3. The minimum Gasteiger partial charge on any atom is -0.382 e. The van der Waals surface area contributed by atoms with Crippen LogP contribution in [0.25, 0.3) is 22.3 Å². The maximum Gasteiger partial charge on any atom is 0.472 e. The van der Waals surface area contributed by atoms with Gasteiger partial charge in [-0.1, -0.05) is 0 Å². The number of imidazole rings is 2. The molecule has 4 aromatic rings. The SMILES string of the molecule is CO[C@H]1[C@H]2OP(=O)(O)OCC34C[C@@H]3[C@@H](n3cnc5c(N)ncnc53)[C@H](F)[C@@H]4OP(=O)(O)OC[C@H]1O[C@H]2n1cnc2c(=O)[nH]c(N)nc21. The number of phosphoric ester groups is 2. The van der Waals surface area contributed by atoms with Crippen molar-refractivity contribution in [3.8, 4) is 0 Å². The molecule has 2 saturated heterocycles. The van der Waals surface area contributed by atoms with Crippen molar-refractivity contribution in [2.75, 3.05) is 31.8 Å². The predicted octanol–water partition coefficient (Wildman–Crippen LogP) is -0.0466. The van der Waals surface area contributed by atoms with E-state index in [1.54, 1.807) is 0 Å². The monoisotopic (exact) mass is 700 g/mol. The summed E-state index contributed by atoms with van der Waals surface area (Å²) in [7, 11) is -8.82. The van der Waals surface area contributed by atoms with Crippen LogP contribution in [0.1, 0.15) is 18.7 Å². The number of aromatic amines is 1. The number of rotatable bonds is 3. The Bertz CT molecular complexity index is 2060. The van der Waals surface area contributed by atoms with Gasteiger partial charge in [-0.15, -0.1) is 0 Å². The first-order chi connectivity index (χ1) is 22.3. The number of nitrogens with one attached hydrogen (secondary N) is 1. The van der Waals surface area contributed by atoms with Gasteiger partial charge in [-0.2, -0.15) is 4.98 Å². The Labute approximate surface area is 261 Å². The first-order valence-electron chi connectivity index (χ1n) is 14.1. The molecular formula is C23H27FN10O11P2. The average molecular weight is 700 g/mol. The summed E-state index contributed by atoms with van der Waals surface area (Å²) in [4.78, 5) is 56.9. The van der Waals surface area contributed by atoms with Crippen LogP contribution in [0.3, 0.4) is 0 Å². The lowest BCUT2D eigenvalue weighted by Gasteiger charge is -2.29. The summed E-state index contributed by atoms with van der Waals surface area (Å²) in [6, 6.07) is -1.03. The molecular weight excluding hydrogens is 673 g/mol. The predicted molar refractivity (Wildman–Crippen MR) is 153 cm³/mol. The Morgan fingerprint density at radius 2 is 1.81 bits per heavy atom. The number of halogens is 1. The number of alkyl halides is 1. The molecule has 7 N–H and O–H groups in total. The Morgan fingerprint density at radius 1 is 1.06 bits per heavy atom. The Kier molecular flexibility index (Phi) is 6.92. The first-order valence-corrected chi connectivity index (χ1v) is 17.1. The normalized spacial score (nSPS) is 40.4. The molecule has 21 nitrogen and oxygen atoms in total. The van der Waals surface area contributed by atoms with Gasteiger partial charge < -0.3 is 35.3 Å². The molecule has 2 aliphatic carbocycles. The van der Waals surface area contributed by atoms with Crippen molar-refractivity contribution in [1.29, 1.82) is 0 Å². The van der Waals surface area contributed by atoms with E-state index in [0.29, 0.717) is 0 Å². The molecule has 2 aliphatic heterocycles. The van der Waals surface area contributed by atoms with Crippen molar-refractivity contribution < 1.29 is 50.9 Å². The molecule has 6 heterocycles. The lowest BCUT2D eigenvalue weighted by Crippen LogP contribution is -2.37. The van der Waals surface area contributed by atoms with Crippen LogP contribution in [0, 0.1) is 11.3 Å². The number of fused-ring (bicyclic) bond motifs is 4. The molecule has 47 heavy (non-hydrogen) atoms. The lowest BCUT2D eigenvalue weighted by molar-refractivity contribution is -0.0625. The van der Waals surface area contributed by atoms with Gasteiger partial charge in [0.2, 0.25) is 5.95 Å². The number of H-pyrrole nitrogens is 1. The van der Waals surface area contributed by atoms with Crippen molar-refractivity contribution in [3.05, 3.63) is 29.3 Å². The molecule has 11 atom stereocenters. The van der Waals surface area contributed by atoms with E-state index in [4.69, 9.17) is 39.0 Å². The summed E-state index contributed by atoms with van der Waals surface area (Å²) in [6.45, 7) is -1.29. The van der Waals surface area contributed by atoms with Gasteiger partial charge in [-0.3, -0.25) is 32.4 Å². The van der Waals surface area contributed by atoms with Gasteiger partial charge in [0, 0.05) is 12.5 Å². The van der Waals surface area contributed by atoms with Gasteiger partial charge >= 0.3 is 15.6 Å². The summed E-state index contributed by atoms with van der Waals surface area (Å²) in [5, 5.41) is 0. The van der Waals surface area contributed by atoms with Crippen LogP contribution >= 0.6 is 15.6 Å². The van der Waals surface area contributed by atoms with Gasteiger partial charge in [0.05, 0.1) is 31.9 Å². The molecule has 24 heteroatoms. The zero-order chi connectivity index (χ0) is 33.0. The van der Waals surface area contributed by atoms with E-state index in [9.17, 15) is 23.7 Å². The van der Waals surface area contributed by atoms with E-state index in [0.717, 1.165) is 0 Å². The molecule has 1 spiro atoms. The van der Waals surface area contributed by atoms with Crippen molar-refractivity contribution in [2.45, 2.75) is 49.3 Å². The number of nitrogens with zero attached hydrogens (tertiary/aromatic N) is 7. The minimum absolute atomic E-state index is 0.0557.